The van der Waals surface area contributed by atoms with Gasteiger partial charge < -0.3 is 41.4 Å². The largest absolute Gasteiger partial charge is 0.417 e. The number of aromatic nitrogens is 1. The van der Waals surface area contributed by atoms with Crippen LogP contribution in [-0.4, -0.2) is 64.4 Å². The van der Waals surface area contributed by atoms with Crippen LogP contribution in [-0.2, 0) is 6.18 Å². The van der Waals surface area contributed by atoms with Crippen molar-refractivity contribution in [3.05, 3.63) is 40.5 Å². The van der Waals surface area contributed by atoms with E-state index in [1.54, 1.807) is 0 Å². The number of nitrogens with two attached hydrogens (primary N) is 1. The summed E-state index contributed by atoms with van der Waals surface area (Å²) in [6.45, 7) is 1.17. The molecule has 0 bridgehead atoms. The Kier molecular flexibility index (Phi) is 6.48. The fraction of sp³-hybridized carbons (Fsp3) is 0.600. The van der Waals surface area contributed by atoms with Gasteiger partial charge in [-0.25, -0.2) is 0 Å². The van der Waals surface area contributed by atoms with Gasteiger partial charge in [0.1, 0.15) is 11.9 Å². The number of nitrogens with one attached hydrogen (secondary N) is 4. The van der Waals surface area contributed by atoms with Crippen molar-refractivity contribution in [1.29, 1.82) is 0 Å². The molecule has 13 heteroatoms. The van der Waals surface area contributed by atoms with Crippen LogP contribution in [0.5, 0.6) is 0 Å². The van der Waals surface area contributed by atoms with E-state index < -0.39 is 23.9 Å². The molecule has 2 saturated carbocycles. The van der Waals surface area contributed by atoms with E-state index in [4.69, 9.17) is 17.3 Å². The summed E-state index contributed by atoms with van der Waals surface area (Å²) in [7, 11) is 2.02. The normalized spacial score (nSPS) is 34.2. The first kappa shape index (κ1) is 26.0. The van der Waals surface area contributed by atoms with Gasteiger partial charge in [-0.15, -0.1) is 0 Å². The smallest absolute Gasteiger partial charge is 0.390 e. The number of hydrogen-bond donors (Lipinski definition) is 7. The van der Waals surface area contributed by atoms with Crippen molar-refractivity contribution < 1.29 is 23.4 Å². The van der Waals surface area contributed by atoms with Gasteiger partial charge in [0.25, 0.3) is 0 Å². The Labute approximate surface area is 223 Å². The van der Waals surface area contributed by atoms with Crippen LogP contribution in [0.4, 0.5) is 30.4 Å². The lowest BCUT2D eigenvalue weighted by atomic mass is 9.77. The van der Waals surface area contributed by atoms with Crippen molar-refractivity contribution in [3.63, 3.8) is 0 Å². The number of aliphatic hydroxyl groups is 2. The second-order valence-corrected chi connectivity index (χ2v) is 11.5. The van der Waals surface area contributed by atoms with Crippen LogP contribution in [0.3, 0.4) is 0 Å². The number of alkyl halides is 3. The van der Waals surface area contributed by atoms with Crippen LogP contribution in [0.25, 0.3) is 0 Å². The van der Waals surface area contributed by atoms with Crippen LogP contribution in [0.15, 0.2) is 24.4 Å². The van der Waals surface area contributed by atoms with E-state index in [-0.39, 0.29) is 41.3 Å². The maximum Gasteiger partial charge on any atom is 0.417 e. The molecule has 2 aromatic rings. The van der Waals surface area contributed by atoms with Gasteiger partial charge in [-0.3, -0.25) is 5.32 Å². The Bertz CT molecular complexity index is 1200. The fourth-order valence-corrected chi connectivity index (χ4v) is 6.78. The van der Waals surface area contributed by atoms with Crippen molar-refractivity contribution in [2.75, 3.05) is 36.2 Å². The summed E-state index contributed by atoms with van der Waals surface area (Å²) in [5.41, 5.74) is 7.23. The Morgan fingerprint density at radius 2 is 1.84 bits per heavy atom. The quantitative estimate of drug-likeness (QED) is 0.301. The maximum absolute atomic E-state index is 13.2. The van der Waals surface area contributed by atoms with Gasteiger partial charge in [0, 0.05) is 36.2 Å². The van der Waals surface area contributed by atoms with Crippen LogP contribution in [0, 0.1) is 11.8 Å². The number of nitrogens with zero attached hydrogens (tertiary/aromatic N) is 2. The number of hydrogen-bond acceptors (Lipinski definition) is 8. The highest BCUT2D eigenvalue weighted by atomic mass is 35.5. The zero-order valence-electron chi connectivity index (χ0n) is 20.8. The first-order valence-corrected chi connectivity index (χ1v) is 13.3. The third-order valence-corrected chi connectivity index (χ3v) is 9.10. The Morgan fingerprint density at radius 3 is 2.55 bits per heavy atom. The van der Waals surface area contributed by atoms with Gasteiger partial charge in [-0.1, -0.05) is 11.6 Å². The van der Waals surface area contributed by atoms with E-state index in [1.165, 1.54) is 6.07 Å². The van der Waals surface area contributed by atoms with Crippen molar-refractivity contribution >= 4 is 28.8 Å². The van der Waals surface area contributed by atoms with E-state index in [0.717, 1.165) is 30.3 Å². The second-order valence-electron chi connectivity index (χ2n) is 11.1. The molecule has 0 amide bonds. The number of rotatable bonds is 5. The Morgan fingerprint density at radius 1 is 1.13 bits per heavy atom. The number of anilines is 3. The molecule has 8 N–H and O–H groups in total. The molecule has 2 aliphatic carbocycles. The highest BCUT2D eigenvalue weighted by Gasteiger charge is 2.46. The monoisotopic (exact) mass is 555 g/mol. The molecular formula is C25H33ClF3N7O2. The topological polar surface area (TPSA) is 123 Å². The van der Waals surface area contributed by atoms with E-state index in [2.05, 4.69) is 26.2 Å². The van der Waals surface area contributed by atoms with E-state index in [9.17, 15) is 23.4 Å². The minimum Gasteiger partial charge on any atom is -0.390 e. The van der Waals surface area contributed by atoms with E-state index in [1.807, 2.05) is 23.9 Å². The van der Waals surface area contributed by atoms with E-state index >= 15 is 0 Å². The molecule has 0 saturated heterocycles. The molecule has 0 radical (unpaired) electrons. The van der Waals surface area contributed by atoms with Gasteiger partial charge in [-0.05, 0) is 44.5 Å². The number of halogens is 4. The molecule has 3 heterocycles. The van der Waals surface area contributed by atoms with Crippen molar-refractivity contribution in [2.45, 2.75) is 62.1 Å². The molecule has 2 aliphatic heterocycles. The van der Waals surface area contributed by atoms with Crippen LogP contribution in [0.2, 0.25) is 5.02 Å². The first-order chi connectivity index (χ1) is 18.0. The van der Waals surface area contributed by atoms with Crippen molar-refractivity contribution in [3.8, 4) is 0 Å². The summed E-state index contributed by atoms with van der Waals surface area (Å²) in [5.74, 6) is 1.03. The molecule has 1 aromatic heterocycles. The standard InChI is InChI=1S/C25H33ClF3N7O2/c1-35(9-12-6-19(21(38)20(12)37)36-3-2-14-22(30)31-10-32-24(14)36)13-4-11(5-13)23-33-17-7-15(25(27,28)29)16(26)8-18(17)34-23/h2-3,7-8,11-13,19-23,31-34,37-38H,4-6,9-10,30H2,1H3/t11?,12-,13?,19-,20-,21+,22?,23?/m1/s1. The molecule has 208 valence electrons. The summed E-state index contributed by atoms with van der Waals surface area (Å²) < 4.78 is 41.7. The first-order valence-electron chi connectivity index (χ1n) is 12.9. The van der Waals surface area contributed by atoms with Gasteiger partial charge >= 0.3 is 6.18 Å². The molecule has 9 nitrogen and oxygen atoms in total. The average Bonchev–Trinajstić information content (AvgIpc) is 3.49. The fourth-order valence-electron chi connectivity index (χ4n) is 6.51. The molecule has 2 fully saturated rings. The van der Waals surface area contributed by atoms with Gasteiger partial charge in [0.15, 0.2) is 0 Å². The summed E-state index contributed by atoms with van der Waals surface area (Å²) in [6.07, 6.45) is -2.38. The predicted molar refractivity (Wildman–Crippen MR) is 139 cm³/mol. The maximum atomic E-state index is 13.2. The molecule has 1 aromatic carbocycles. The second kappa shape index (κ2) is 9.46. The summed E-state index contributed by atoms with van der Waals surface area (Å²) in [6, 6.07) is 4.37. The number of benzene rings is 1. The molecule has 38 heavy (non-hydrogen) atoms. The van der Waals surface area contributed by atoms with Gasteiger partial charge in [0.05, 0.1) is 53.1 Å². The Balaban J connectivity index is 1.04. The molecule has 6 rings (SSSR count). The molecule has 6 atom stereocenters. The van der Waals surface area contributed by atoms with E-state index in [0.29, 0.717) is 31.0 Å². The van der Waals surface area contributed by atoms with Gasteiger partial charge in [0.2, 0.25) is 0 Å². The number of fused-ring (bicyclic) bond motifs is 2. The average molecular weight is 556 g/mol. The van der Waals surface area contributed by atoms with Crippen LogP contribution >= 0.6 is 11.6 Å². The minimum absolute atomic E-state index is 0.0950. The van der Waals surface area contributed by atoms with Crippen LogP contribution in [0.1, 0.15) is 42.6 Å². The zero-order chi connectivity index (χ0) is 26.9. The SMILES string of the molecule is CN(C[C@H]1C[C@@H](n2ccc3c2NCNC3N)[C@H](O)[C@@H]1O)C1CC(C2Nc3cc(Cl)c(C(F)(F)F)cc3N2)C1. The lowest BCUT2D eigenvalue weighted by Gasteiger charge is -2.44. The minimum atomic E-state index is -4.51. The molecule has 0 spiro atoms. The highest BCUT2D eigenvalue weighted by Crippen LogP contribution is 2.46. The summed E-state index contributed by atoms with van der Waals surface area (Å²) in [5, 5.41) is 34.3. The highest BCUT2D eigenvalue weighted by molar-refractivity contribution is 6.32. The molecule has 2 unspecified atom stereocenters. The molecular weight excluding hydrogens is 523 g/mol. The van der Waals surface area contributed by atoms with Crippen molar-refractivity contribution in [2.24, 2.45) is 17.6 Å². The Hall–Kier alpha value is -2.22. The lowest BCUT2D eigenvalue weighted by molar-refractivity contribution is -0.137. The van der Waals surface area contributed by atoms with Gasteiger partial charge in [-0.2, -0.15) is 13.2 Å². The van der Waals surface area contributed by atoms with Crippen LogP contribution < -0.4 is 27.0 Å². The summed E-state index contributed by atoms with van der Waals surface area (Å²) in [4.78, 5) is 2.23. The third-order valence-electron chi connectivity index (χ3n) is 8.79. The number of aliphatic hydroxyl groups excluding tert-OH is 2. The van der Waals surface area contributed by atoms with Crippen molar-refractivity contribution in [1.82, 2.24) is 14.8 Å². The zero-order valence-corrected chi connectivity index (χ0v) is 21.6. The lowest BCUT2D eigenvalue weighted by Crippen LogP contribution is -2.51. The summed E-state index contributed by atoms with van der Waals surface area (Å²) >= 11 is 5.87. The third kappa shape index (κ3) is 4.40. The predicted octanol–water partition coefficient (Wildman–Crippen LogP) is 2.95. The molecule has 4 aliphatic rings.